The summed E-state index contributed by atoms with van der Waals surface area (Å²) < 4.78 is 1.91. The number of carbonyl (C=O) groups excluding carboxylic acids is 1. The third-order valence-corrected chi connectivity index (χ3v) is 5.87. The lowest BCUT2D eigenvalue weighted by Crippen LogP contribution is -2.14. The Kier molecular flexibility index (Phi) is 7.01. The molecule has 0 fully saturated rings. The summed E-state index contributed by atoms with van der Waals surface area (Å²) in [6.07, 6.45) is 0.575. The van der Waals surface area contributed by atoms with Crippen LogP contribution < -0.4 is 5.32 Å². The molecular weight excluding hydrogens is 462 g/mol. The number of nitro benzene ring substituents is 1. The number of rotatable bonds is 8. The maximum absolute atomic E-state index is 12.5. The van der Waals surface area contributed by atoms with E-state index in [2.05, 4.69) is 15.5 Å². The van der Waals surface area contributed by atoms with Crippen molar-refractivity contribution in [3.8, 4) is 5.69 Å². The van der Waals surface area contributed by atoms with Crippen LogP contribution in [-0.4, -0.2) is 31.3 Å². The van der Waals surface area contributed by atoms with Gasteiger partial charge in [0.25, 0.3) is 5.69 Å². The molecular formula is C23H18ClN5O3S. The van der Waals surface area contributed by atoms with Crippen LogP contribution in [0.5, 0.6) is 0 Å². The highest BCUT2D eigenvalue weighted by atomic mass is 35.5. The molecule has 33 heavy (non-hydrogen) atoms. The van der Waals surface area contributed by atoms with Gasteiger partial charge in [0.2, 0.25) is 5.91 Å². The molecule has 0 aliphatic rings. The Labute approximate surface area is 198 Å². The van der Waals surface area contributed by atoms with E-state index in [1.165, 1.54) is 36.0 Å². The van der Waals surface area contributed by atoms with Crippen LogP contribution in [-0.2, 0) is 11.2 Å². The van der Waals surface area contributed by atoms with Crippen molar-refractivity contribution < 1.29 is 9.72 Å². The van der Waals surface area contributed by atoms with Gasteiger partial charge in [0, 0.05) is 35.0 Å². The molecule has 4 rings (SSSR count). The van der Waals surface area contributed by atoms with Crippen LogP contribution in [0.25, 0.3) is 5.69 Å². The van der Waals surface area contributed by atoms with Crippen LogP contribution in [0.15, 0.2) is 84.0 Å². The number of aromatic nitrogens is 3. The van der Waals surface area contributed by atoms with E-state index in [0.717, 1.165) is 17.1 Å². The molecule has 0 bridgehead atoms. The van der Waals surface area contributed by atoms with Crippen molar-refractivity contribution >= 4 is 40.6 Å². The van der Waals surface area contributed by atoms with Gasteiger partial charge in [-0.15, -0.1) is 10.2 Å². The van der Waals surface area contributed by atoms with Crippen molar-refractivity contribution in [2.75, 3.05) is 11.1 Å². The number of thioether (sulfide) groups is 1. The lowest BCUT2D eigenvalue weighted by molar-refractivity contribution is -0.384. The van der Waals surface area contributed by atoms with Gasteiger partial charge in [0.1, 0.15) is 5.82 Å². The van der Waals surface area contributed by atoms with E-state index >= 15 is 0 Å². The third kappa shape index (κ3) is 5.76. The Balaban J connectivity index is 1.51. The summed E-state index contributed by atoms with van der Waals surface area (Å²) in [6, 6.07) is 22.9. The minimum Gasteiger partial charge on any atom is -0.325 e. The van der Waals surface area contributed by atoms with Gasteiger partial charge < -0.3 is 5.32 Å². The first-order valence-corrected chi connectivity index (χ1v) is 11.3. The van der Waals surface area contributed by atoms with Gasteiger partial charge >= 0.3 is 0 Å². The van der Waals surface area contributed by atoms with Crippen LogP contribution in [0, 0.1) is 10.1 Å². The normalized spacial score (nSPS) is 10.7. The summed E-state index contributed by atoms with van der Waals surface area (Å²) in [7, 11) is 0. The van der Waals surface area contributed by atoms with Gasteiger partial charge in [-0.25, -0.2) is 0 Å². The molecule has 1 amide bonds. The molecule has 0 aliphatic heterocycles. The number of carbonyl (C=O) groups is 1. The molecule has 0 saturated heterocycles. The SMILES string of the molecule is O=C(CSc1nnc(Cc2ccccc2)n1-c1ccc(Cl)cc1)Nc1ccc([N+](=O)[O-])cc1. The zero-order chi connectivity index (χ0) is 23.2. The Bertz CT molecular complexity index is 1260. The Morgan fingerprint density at radius 2 is 1.70 bits per heavy atom. The monoisotopic (exact) mass is 479 g/mol. The number of nitro groups is 1. The van der Waals surface area contributed by atoms with Gasteiger partial charge in [-0.2, -0.15) is 0 Å². The highest BCUT2D eigenvalue weighted by Gasteiger charge is 2.17. The molecule has 3 aromatic carbocycles. The smallest absolute Gasteiger partial charge is 0.269 e. The fraction of sp³-hybridized carbons (Fsp3) is 0.0870. The molecule has 4 aromatic rings. The van der Waals surface area contributed by atoms with Crippen molar-refractivity contribution in [3.63, 3.8) is 0 Å². The standard InChI is InChI=1S/C23H18ClN5O3S/c24-17-6-10-19(11-7-17)28-21(14-16-4-2-1-3-5-16)26-27-23(28)33-15-22(30)25-18-8-12-20(13-9-18)29(31)32/h1-13H,14-15H2,(H,25,30). The number of nitrogens with one attached hydrogen (secondary N) is 1. The highest BCUT2D eigenvalue weighted by molar-refractivity contribution is 7.99. The molecule has 0 saturated carbocycles. The van der Waals surface area contributed by atoms with Crippen molar-refractivity contribution in [1.29, 1.82) is 0 Å². The maximum atomic E-state index is 12.5. The summed E-state index contributed by atoms with van der Waals surface area (Å²) in [6.45, 7) is 0. The molecule has 10 heteroatoms. The van der Waals surface area contributed by atoms with Crippen molar-refractivity contribution in [1.82, 2.24) is 14.8 Å². The maximum Gasteiger partial charge on any atom is 0.269 e. The minimum absolute atomic E-state index is 0.0376. The Hall–Kier alpha value is -3.69. The topological polar surface area (TPSA) is 103 Å². The first-order valence-electron chi connectivity index (χ1n) is 9.91. The summed E-state index contributed by atoms with van der Waals surface area (Å²) in [5, 5.41) is 23.4. The van der Waals surface area contributed by atoms with Crippen LogP contribution in [0.2, 0.25) is 5.02 Å². The van der Waals surface area contributed by atoms with E-state index in [0.29, 0.717) is 22.3 Å². The number of amides is 1. The number of halogens is 1. The summed E-state index contributed by atoms with van der Waals surface area (Å²) in [4.78, 5) is 22.7. The average Bonchev–Trinajstić information content (AvgIpc) is 3.21. The summed E-state index contributed by atoms with van der Waals surface area (Å²) in [5.74, 6) is 0.569. The number of hydrogen-bond donors (Lipinski definition) is 1. The lowest BCUT2D eigenvalue weighted by Gasteiger charge is -2.11. The fourth-order valence-corrected chi connectivity index (χ4v) is 4.03. The average molecular weight is 480 g/mol. The summed E-state index contributed by atoms with van der Waals surface area (Å²) in [5.41, 5.74) is 2.38. The van der Waals surface area contributed by atoms with Crippen LogP contribution in [0.4, 0.5) is 11.4 Å². The van der Waals surface area contributed by atoms with E-state index in [4.69, 9.17) is 11.6 Å². The zero-order valence-electron chi connectivity index (χ0n) is 17.2. The van der Waals surface area contributed by atoms with Gasteiger partial charge in [-0.1, -0.05) is 53.7 Å². The molecule has 8 nitrogen and oxygen atoms in total. The first-order chi connectivity index (χ1) is 16.0. The van der Waals surface area contributed by atoms with Crippen molar-refractivity contribution in [3.05, 3.63) is 105 Å². The number of nitrogens with zero attached hydrogens (tertiary/aromatic N) is 4. The highest BCUT2D eigenvalue weighted by Crippen LogP contribution is 2.25. The second kappa shape index (κ2) is 10.3. The van der Waals surface area contributed by atoms with Gasteiger partial charge in [-0.3, -0.25) is 19.5 Å². The molecule has 1 N–H and O–H groups in total. The number of non-ortho nitro benzene ring substituents is 1. The number of anilines is 1. The van der Waals surface area contributed by atoms with Crippen LogP contribution >= 0.6 is 23.4 Å². The number of benzene rings is 3. The number of hydrogen-bond acceptors (Lipinski definition) is 6. The predicted octanol–water partition coefficient (Wildman–Crippen LogP) is 5.15. The van der Waals surface area contributed by atoms with E-state index in [1.807, 2.05) is 47.0 Å². The lowest BCUT2D eigenvalue weighted by atomic mass is 10.1. The second-order valence-electron chi connectivity index (χ2n) is 7.01. The van der Waals surface area contributed by atoms with Crippen LogP contribution in [0.3, 0.4) is 0 Å². The largest absolute Gasteiger partial charge is 0.325 e. The molecule has 1 aromatic heterocycles. The summed E-state index contributed by atoms with van der Waals surface area (Å²) >= 11 is 7.30. The van der Waals surface area contributed by atoms with Crippen molar-refractivity contribution in [2.45, 2.75) is 11.6 Å². The van der Waals surface area contributed by atoms with Crippen LogP contribution in [0.1, 0.15) is 11.4 Å². The molecule has 0 radical (unpaired) electrons. The molecule has 0 unspecified atom stereocenters. The molecule has 0 spiro atoms. The Morgan fingerprint density at radius 3 is 2.36 bits per heavy atom. The molecule has 166 valence electrons. The van der Waals surface area contributed by atoms with Gasteiger partial charge in [0.05, 0.1) is 10.7 Å². The van der Waals surface area contributed by atoms with Crippen molar-refractivity contribution in [2.24, 2.45) is 0 Å². The van der Waals surface area contributed by atoms with Gasteiger partial charge in [-0.05, 0) is 42.0 Å². The fourth-order valence-electron chi connectivity index (χ4n) is 3.13. The predicted molar refractivity (Wildman–Crippen MR) is 128 cm³/mol. The zero-order valence-corrected chi connectivity index (χ0v) is 18.8. The minimum atomic E-state index is -0.488. The molecule has 0 atom stereocenters. The van der Waals surface area contributed by atoms with E-state index in [-0.39, 0.29) is 17.3 Å². The van der Waals surface area contributed by atoms with E-state index in [9.17, 15) is 14.9 Å². The van der Waals surface area contributed by atoms with E-state index < -0.39 is 4.92 Å². The first kappa shape index (κ1) is 22.5. The molecule has 0 aliphatic carbocycles. The quantitative estimate of drug-likeness (QED) is 0.213. The van der Waals surface area contributed by atoms with E-state index in [1.54, 1.807) is 12.1 Å². The third-order valence-electron chi connectivity index (χ3n) is 4.68. The molecule has 1 heterocycles. The second-order valence-corrected chi connectivity index (χ2v) is 8.39. The van der Waals surface area contributed by atoms with Gasteiger partial charge in [0.15, 0.2) is 5.16 Å². The Morgan fingerprint density at radius 1 is 1.00 bits per heavy atom.